The van der Waals surface area contributed by atoms with Crippen LogP contribution in [0.4, 0.5) is 8.78 Å². The van der Waals surface area contributed by atoms with Gasteiger partial charge in [-0.15, -0.1) is 0 Å². The summed E-state index contributed by atoms with van der Waals surface area (Å²) in [4.78, 5) is 12.4. The topological polar surface area (TPSA) is 77.1 Å². The lowest BCUT2D eigenvalue weighted by molar-refractivity contribution is -0.147. The van der Waals surface area contributed by atoms with Crippen LogP contribution >= 0.6 is 11.8 Å². The third kappa shape index (κ3) is 3.60. The number of benzene rings is 2. The normalized spacial score (nSPS) is 23.3. The van der Waals surface area contributed by atoms with E-state index >= 15 is 0 Å². The lowest BCUT2D eigenvalue weighted by atomic mass is 9.86. The minimum atomic E-state index is -1.02. The minimum absolute atomic E-state index is 0.000200. The van der Waals surface area contributed by atoms with E-state index in [4.69, 9.17) is 15.2 Å². The molecule has 2 heterocycles. The van der Waals surface area contributed by atoms with Crippen molar-refractivity contribution in [2.75, 3.05) is 20.3 Å². The predicted molar refractivity (Wildman–Crippen MR) is 115 cm³/mol. The van der Waals surface area contributed by atoms with Crippen molar-refractivity contribution in [2.45, 2.75) is 24.3 Å². The molecule has 2 aliphatic rings. The molecule has 6 nitrogen and oxygen atoms in total. The number of hydrogen-bond donors (Lipinski definition) is 1. The maximum Gasteiger partial charge on any atom is 0.273 e. The van der Waals surface area contributed by atoms with Gasteiger partial charge in [-0.1, -0.05) is 30.0 Å². The number of ether oxygens (including phenoxy) is 2. The summed E-state index contributed by atoms with van der Waals surface area (Å²) < 4.78 is 39.8. The molecule has 0 unspecified atom stereocenters. The molecule has 0 saturated heterocycles. The third-order valence-corrected chi connectivity index (χ3v) is 7.14. The Kier molecular flexibility index (Phi) is 6.00. The number of carbonyl (C=O) groups is 1. The Balaban J connectivity index is 1.92. The maximum absolute atomic E-state index is 14.6. The van der Waals surface area contributed by atoms with Crippen molar-refractivity contribution in [1.82, 2.24) is 5.01 Å². The fourth-order valence-electron chi connectivity index (χ4n) is 3.95. The van der Waals surface area contributed by atoms with E-state index in [1.165, 1.54) is 23.9 Å². The van der Waals surface area contributed by atoms with Gasteiger partial charge in [0.25, 0.3) is 5.91 Å². The third-order valence-electron chi connectivity index (χ3n) is 5.61. The lowest BCUT2D eigenvalue weighted by Gasteiger charge is -2.45. The molecule has 1 amide bonds. The molecule has 0 aliphatic carbocycles. The van der Waals surface area contributed by atoms with Crippen molar-refractivity contribution in [2.24, 2.45) is 16.8 Å². The Hall–Kier alpha value is -2.49. The van der Waals surface area contributed by atoms with Crippen LogP contribution in [0, 0.1) is 17.6 Å². The molecule has 2 aromatic carbocycles. The molecule has 0 bridgehead atoms. The van der Waals surface area contributed by atoms with E-state index < -0.39 is 22.6 Å². The van der Waals surface area contributed by atoms with Gasteiger partial charge >= 0.3 is 0 Å². The number of hydrazone groups is 1. The standard InChI is InChI=1S/C22H23F2N3O3S/c1-13(29-2)21(28)27-22(31-20(26-27)16-11-15(23)7-8-18(16)24)14(9-10-25)12-30-19-6-4-3-5-17(19)22/h3-8,11,13-14H,9-10,12,25H2,1-2H3/t13-,14-,22+/m0/s1. The average Bonchev–Trinajstić information content (AvgIpc) is 3.17. The number of para-hydroxylation sites is 1. The van der Waals surface area contributed by atoms with Crippen molar-refractivity contribution in [3.05, 3.63) is 65.2 Å². The summed E-state index contributed by atoms with van der Waals surface area (Å²) in [6, 6.07) is 10.6. The van der Waals surface area contributed by atoms with E-state index in [9.17, 15) is 13.6 Å². The molecule has 0 radical (unpaired) electrons. The second kappa shape index (κ2) is 8.57. The van der Waals surface area contributed by atoms with Gasteiger partial charge in [0, 0.05) is 24.2 Å². The van der Waals surface area contributed by atoms with Crippen LogP contribution in [0.2, 0.25) is 0 Å². The number of hydrogen-bond acceptors (Lipinski definition) is 6. The zero-order valence-electron chi connectivity index (χ0n) is 17.2. The Morgan fingerprint density at radius 1 is 1.39 bits per heavy atom. The Morgan fingerprint density at radius 3 is 2.90 bits per heavy atom. The molecular weight excluding hydrogens is 424 g/mol. The number of rotatable bonds is 5. The Labute approximate surface area is 183 Å². The molecule has 4 rings (SSSR count). The van der Waals surface area contributed by atoms with Crippen molar-refractivity contribution >= 4 is 22.7 Å². The number of nitrogens with two attached hydrogens (primary N) is 1. The van der Waals surface area contributed by atoms with Crippen molar-refractivity contribution in [3.63, 3.8) is 0 Å². The highest BCUT2D eigenvalue weighted by atomic mass is 32.2. The van der Waals surface area contributed by atoms with E-state index in [-0.39, 0.29) is 22.4 Å². The van der Waals surface area contributed by atoms with E-state index in [2.05, 4.69) is 5.10 Å². The van der Waals surface area contributed by atoms with Crippen molar-refractivity contribution < 1.29 is 23.0 Å². The summed E-state index contributed by atoms with van der Waals surface area (Å²) in [5.41, 5.74) is 6.62. The maximum atomic E-state index is 14.6. The highest BCUT2D eigenvalue weighted by Gasteiger charge is 2.57. The minimum Gasteiger partial charge on any atom is -0.493 e. The van der Waals surface area contributed by atoms with E-state index in [0.29, 0.717) is 25.3 Å². The van der Waals surface area contributed by atoms with Gasteiger partial charge in [0.1, 0.15) is 28.5 Å². The number of thioether (sulfide) groups is 1. The first kappa shape index (κ1) is 21.7. The van der Waals surface area contributed by atoms with Gasteiger partial charge in [-0.25, -0.2) is 13.8 Å². The van der Waals surface area contributed by atoms with Crippen molar-refractivity contribution in [1.29, 1.82) is 0 Å². The number of nitrogens with zero attached hydrogens (tertiary/aromatic N) is 2. The van der Waals surface area contributed by atoms with Crippen LogP contribution in [0.1, 0.15) is 24.5 Å². The first-order chi connectivity index (χ1) is 14.9. The van der Waals surface area contributed by atoms with Crippen LogP contribution in [0.5, 0.6) is 5.75 Å². The average molecular weight is 448 g/mol. The number of fused-ring (bicyclic) bond motifs is 2. The van der Waals surface area contributed by atoms with E-state index in [0.717, 1.165) is 23.8 Å². The Bertz CT molecular complexity index is 1030. The van der Waals surface area contributed by atoms with Gasteiger partial charge in [-0.05, 0) is 44.2 Å². The molecule has 2 aliphatic heterocycles. The van der Waals surface area contributed by atoms with Crippen molar-refractivity contribution in [3.8, 4) is 5.75 Å². The molecule has 2 N–H and O–H groups in total. The molecule has 3 atom stereocenters. The Morgan fingerprint density at radius 2 is 2.16 bits per heavy atom. The fraction of sp³-hybridized carbons (Fsp3) is 0.364. The summed E-state index contributed by atoms with van der Waals surface area (Å²) in [6.45, 7) is 2.30. The molecule has 9 heteroatoms. The SMILES string of the molecule is CO[C@@H](C)C(=O)N1N=C(c2cc(F)ccc2F)S[C@]12c1ccccc1OC[C@@H]2CCN. The molecule has 164 valence electrons. The molecule has 2 aromatic rings. The van der Waals surface area contributed by atoms with Gasteiger partial charge in [-0.2, -0.15) is 5.10 Å². The highest BCUT2D eigenvalue weighted by Crippen LogP contribution is 2.57. The van der Waals surface area contributed by atoms with Crippen LogP contribution < -0.4 is 10.5 Å². The molecule has 0 fully saturated rings. The second-order valence-electron chi connectivity index (χ2n) is 7.44. The fourth-order valence-corrected chi connectivity index (χ4v) is 5.48. The summed E-state index contributed by atoms with van der Waals surface area (Å²) in [7, 11) is 1.44. The van der Waals surface area contributed by atoms with Gasteiger partial charge < -0.3 is 15.2 Å². The van der Waals surface area contributed by atoms with Gasteiger partial charge in [-0.3, -0.25) is 4.79 Å². The van der Waals surface area contributed by atoms with Crippen LogP contribution in [0.3, 0.4) is 0 Å². The molecule has 0 aromatic heterocycles. The molecule has 31 heavy (non-hydrogen) atoms. The number of halogens is 2. The molecular formula is C22H23F2N3O3S. The highest BCUT2D eigenvalue weighted by molar-refractivity contribution is 8.15. The molecule has 1 spiro atoms. The van der Waals surface area contributed by atoms with Crippen LogP contribution in [-0.2, 0) is 14.4 Å². The quantitative estimate of drug-likeness (QED) is 0.760. The first-order valence-corrected chi connectivity index (χ1v) is 10.8. The van der Waals surface area contributed by atoms with Gasteiger partial charge in [0.2, 0.25) is 0 Å². The summed E-state index contributed by atoms with van der Waals surface area (Å²) in [6.07, 6.45) is -0.243. The van der Waals surface area contributed by atoms with Crippen LogP contribution in [0.15, 0.2) is 47.6 Å². The van der Waals surface area contributed by atoms with E-state index in [1.54, 1.807) is 6.92 Å². The van der Waals surface area contributed by atoms with Gasteiger partial charge in [0.05, 0.1) is 6.61 Å². The first-order valence-electron chi connectivity index (χ1n) is 9.94. The lowest BCUT2D eigenvalue weighted by Crippen LogP contribution is -2.53. The summed E-state index contributed by atoms with van der Waals surface area (Å²) >= 11 is 1.22. The van der Waals surface area contributed by atoms with Crippen LogP contribution in [-0.4, -0.2) is 42.3 Å². The number of amides is 1. The van der Waals surface area contributed by atoms with Crippen LogP contribution in [0.25, 0.3) is 0 Å². The number of methoxy groups -OCH3 is 1. The molecule has 0 saturated carbocycles. The number of carbonyl (C=O) groups excluding carboxylic acids is 1. The summed E-state index contributed by atoms with van der Waals surface area (Å²) in [5, 5.41) is 6.09. The van der Waals surface area contributed by atoms with Gasteiger partial charge in [0.15, 0.2) is 4.87 Å². The smallest absolute Gasteiger partial charge is 0.273 e. The second-order valence-corrected chi connectivity index (χ2v) is 8.65. The zero-order valence-corrected chi connectivity index (χ0v) is 18.0. The summed E-state index contributed by atoms with van der Waals surface area (Å²) in [5.74, 6) is -1.21. The zero-order chi connectivity index (χ0) is 22.2. The predicted octanol–water partition coefficient (Wildman–Crippen LogP) is 3.45. The monoisotopic (exact) mass is 447 g/mol. The van der Waals surface area contributed by atoms with E-state index in [1.807, 2.05) is 24.3 Å². The largest absolute Gasteiger partial charge is 0.493 e.